The first-order valence-corrected chi connectivity index (χ1v) is 14.2. The van der Waals surface area contributed by atoms with E-state index in [9.17, 15) is 23.8 Å². The second-order valence-corrected chi connectivity index (χ2v) is 10.4. The fourth-order valence-corrected chi connectivity index (χ4v) is 4.75. The SMILES string of the molecule is CC(C=C[C@H]1O[C@@H](n2cnc3c(NCc4cccc(F)c4)ncnc32)[C@H](O)[C@@H]1O)NCCCNC(=O)Nc1ccc(F)cc1. The van der Waals surface area contributed by atoms with E-state index in [2.05, 4.69) is 36.2 Å². The van der Waals surface area contributed by atoms with Crippen molar-refractivity contribution < 1.29 is 28.5 Å². The first kappa shape index (κ1) is 30.9. The van der Waals surface area contributed by atoms with Crippen LogP contribution < -0.4 is 21.3 Å². The number of hydrogen-bond donors (Lipinski definition) is 6. The highest BCUT2D eigenvalue weighted by Gasteiger charge is 2.43. The number of aliphatic hydroxyl groups is 2. The van der Waals surface area contributed by atoms with Gasteiger partial charge in [-0.2, -0.15) is 0 Å². The number of nitrogens with zero attached hydrogens (tertiary/aromatic N) is 4. The minimum Gasteiger partial charge on any atom is -0.387 e. The summed E-state index contributed by atoms with van der Waals surface area (Å²) in [6, 6.07) is 11.3. The summed E-state index contributed by atoms with van der Waals surface area (Å²) in [7, 11) is 0. The highest BCUT2D eigenvalue weighted by Crippen LogP contribution is 2.33. The molecular weight excluding hydrogens is 574 g/mol. The van der Waals surface area contributed by atoms with Gasteiger partial charge in [0.2, 0.25) is 0 Å². The number of nitrogens with one attached hydrogen (secondary N) is 4. The van der Waals surface area contributed by atoms with E-state index in [-0.39, 0.29) is 23.7 Å². The van der Waals surface area contributed by atoms with E-state index in [1.807, 2.05) is 13.0 Å². The Morgan fingerprint density at radius 3 is 2.68 bits per heavy atom. The first-order valence-electron chi connectivity index (χ1n) is 14.2. The first-order chi connectivity index (χ1) is 21.3. The molecule has 232 valence electrons. The number of ether oxygens (including phenoxy) is 1. The predicted octanol–water partition coefficient (Wildman–Crippen LogP) is 3.08. The van der Waals surface area contributed by atoms with Gasteiger partial charge in [-0.05, 0) is 61.9 Å². The van der Waals surface area contributed by atoms with Gasteiger partial charge in [-0.25, -0.2) is 28.5 Å². The molecule has 2 aromatic carbocycles. The molecule has 1 aliphatic heterocycles. The smallest absolute Gasteiger partial charge is 0.319 e. The fourth-order valence-electron chi connectivity index (χ4n) is 4.75. The summed E-state index contributed by atoms with van der Waals surface area (Å²) in [5, 5.41) is 33.3. The van der Waals surface area contributed by atoms with Gasteiger partial charge in [-0.3, -0.25) is 4.57 Å². The lowest BCUT2D eigenvalue weighted by Gasteiger charge is -2.16. The van der Waals surface area contributed by atoms with Crippen molar-refractivity contribution in [3.63, 3.8) is 0 Å². The lowest BCUT2D eigenvalue weighted by Crippen LogP contribution is -2.33. The van der Waals surface area contributed by atoms with Crippen LogP contribution in [-0.2, 0) is 11.3 Å². The molecule has 4 aromatic rings. The summed E-state index contributed by atoms with van der Waals surface area (Å²) in [6.07, 6.45) is 2.87. The van der Waals surface area contributed by atoms with Gasteiger partial charge in [0.15, 0.2) is 23.2 Å². The molecule has 0 bridgehead atoms. The maximum Gasteiger partial charge on any atom is 0.319 e. The largest absolute Gasteiger partial charge is 0.387 e. The van der Waals surface area contributed by atoms with E-state index in [1.165, 1.54) is 49.1 Å². The number of rotatable bonds is 12. The lowest BCUT2D eigenvalue weighted by atomic mass is 10.1. The topological polar surface area (TPSA) is 158 Å². The molecule has 0 spiro atoms. The molecule has 5 rings (SSSR count). The molecule has 5 atom stereocenters. The molecule has 0 radical (unpaired) electrons. The second kappa shape index (κ2) is 14.3. The van der Waals surface area contributed by atoms with E-state index in [1.54, 1.807) is 22.8 Å². The zero-order valence-electron chi connectivity index (χ0n) is 23.9. The number of anilines is 2. The number of benzene rings is 2. The second-order valence-electron chi connectivity index (χ2n) is 10.4. The number of aromatic nitrogens is 4. The van der Waals surface area contributed by atoms with Crippen molar-refractivity contribution in [3.8, 4) is 0 Å². The van der Waals surface area contributed by atoms with Crippen LogP contribution in [0, 0.1) is 11.6 Å². The minimum atomic E-state index is -1.24. The van der Waals surface area contributed by atoms with Crippen molar-refractivity contribution in [1.82, 2.24) is 30.2 Å². The molecule has 2 aromatic heterocycles. The van der Waals surface area contributed by atoms with Crippen molar-refractivity contribution in [2.45, 2.75) is 50.5 Å². The van der Waals surface area contributed by atoms with Crippen LogP contribution in [-0.4, -0.2) is 73.2 Å². The van der Waals surface area contributed by atoms with Crippen LogP contribution in [0.5, 0.6) is 0 Å². The van der Waals surface area contributed by atoms with Crippen molar-refractivity contribution >= 4 is 28.7 Å². The van der Waals surface area contributed by atoms with Gasteiger partial charge >= 0.3 is 6.03 Å². The molecule has 2 amide bonds. The van der Waals surface area contributed by atoms with Gasteiger partial charge < -0.3 is 36.2 Å². The zero-order valence-corrected chi connectivity index (χ0v) is 23.9. The van der Waals surface area contributed by atoms with Crippen molar-refractivity contribution in [3.05, 3.63) is 90.5 Å². The monoisotopic (exact) mass is 608 g/mol. The molecule has 3 heterocycles. The third-order valence-electron chi connectivity index (χ3n) is 7.05. The third-order valence-corrected chi connectivity index (χ3v) is 7.05. The Balaban J connectivity index is 1.10. The van der Waals surface area contributed by atoms with E-state index in [0.29, 0.717) is 48.7 Å². The van der Waals surface area contributed by atoms with E-state index < -0.39 is 24.5 Å². The fraction of sp³-hybridized carbons (Fsp3) is 0.333. The Morgan fingerprint density at radius 1 is 1.07 bits per heavy atom. The molecule has 44 heavy (non-hydrogen) atoms. The van der Waals surface area contributed by atoms with Crippen LogP contribution in [0.4, 0.5) is 25.1 Å². The summed E-state index contributed by atoms with van der Waals surface area (Å²) in [6.45, 7) is 3.29. The van der Waals surface area contributed by atoms with Crippen molar-refractivity contribution in [2.24, 2.45) is 0 Å². The normalized spacial score (nSPS) is 20.7. The molecule has 1 fully saturated rings. The molecule has 0 saturated carbocycles. The average Bonchev–Trinajstić information content (AvgIpc) is 3.56. The minimum absolute atomic E-state index is 0.0800. The molecule has 14 heteroatoms. The van der Waals surface area contributed by atoms with E-state index in [4.69, 9.17) is 4.74 Å². The Bertz CT molecular complexity index is 1590. The van der Waals surface area contributed by atoms with Crippen molar-refractivity contribution in [2.75, 3.05) is 23.7 Å². The van der Waals surface area contributed by atoms with Crippen molar-refractivity contribution in [1.29, 1.82) is 0 Å². The summed E-state index contributed by atoms with van der Waals surface area (Å²) >= 11 is 0. The molecule has 0 aliphatic carbocycles. The van der Waals surface area contributed by atoms with Crippen LogP contribution in [0.1, 0.15) is 25.1 Å². The zero-order chi connectivity index (χ0) is 31.1. The van der Waals surface area contributed by atoms with Gasteiger partial charge in [-0.1, -0.05) is 24.3 Å². The Morgan fingerprint density at radius 2 is 1.89 bits per heavy atom. The van der Waals surface area contributed by atoms with Gasteiger partial charge in [0.05, 0.1) is 6.33 Å². The molecule has 6 N–H and O–H groups in total. The van der Waals surface area contributed by atoms with Gasteiger partial charge in [0.1, 0.15) is 36.3 Å². The molecule has 1 saturated heterocycles. The highest BCUT2D eigenvalue weighted by molar-refractivity contribution is 5.89. The number of amides is 2. The van der Waals surface area contributed by atoms with Crippen LogP contribution in [0.15, 0.2) is 73.3 Å². The molecular formula is C30H34F2N8O4. The van der Waals surface area contributed by atoms with Crippen LogP contribution in [0.3, 0.4) is 0 Å². The molecule has 12 nitrogen and oxygen atoms in total. The number of hydrogen-bond acceptors (Lipinski definition) is 9. The number of imidazole rings is 1. The van der Waals surface area contributed by atoms with Crippen LogP contribution in [0.2, 0.25) is 0 Å². The number of urea groups is 1. The number of halogens is 2. The quantitative estimate of drug-likeness (QED) is 0.105. The number of carbonyl (C=O) groups excluding carboxylic acids is 1. The lowest BCUT2D eigenvalue weighted by molar-refractivity contribution is -0.0245. The number of fused-ring (bicyclic) bond motifs is 1. The van der Waals surface area contributed by atoms with E-state index >= 15 is 0 Å². The molecule has 1 aliphatic rings. The average molecular weight is 609 g/mol. The van der Waals surface area contributed by atoms with Gasteiger partial charge in [0, 0.05) is 24.8 Å². The van der Waals surface area contributed by atoms with Crippen LogP contribution in [0.25, 0.3) is 11.2 Å². The number of aliphatic hydroxyl groups excluding tert-OH is 2. The maximum absolute atomic E-state index is 13.5. The summed E-state index contributed by atoms with van der Waals surface area (Å²) in [4.78, 5) is 24.9. The Labute approximate surface area is 252 Å². The maximum atomic E-state index is 13.5. The number of carbonyl (C=O) groups is 1. The van der Waals surface area contributed by atoms with Crippen LogP contribution >= 0.6 is 0 Å². The van der Waals surface area contributed by atoms with Gasteiger partial charge in [-0.15, -0.1) is 0 Å². The Kier molecular flexibility index (Phi) is 10.1. The summed E-state index contributed by atoms with van der Waals surface area (Å²) in [5.74, 6) is -0.272. The standard InChI is InChI=1S/C30H34F2N8O4/c1-18(33-12-3-13-34-30(43)39-22-9-7-20(31)8-10-22)6-11-23-25(41)26(42)29(44-23)40-17-38-24-27(36-16-37-28(24)40)35-15-19-4-2-5-21(32)14-19/h2,4-11,14,16-18,23,25-26,29,33,41-42H,3,12-13,15H2,1H3,(H2,34,39,43)(H,35,36,37)/t18?,23-,25-,26-,29-/m1/s1. The summed E-state index contributed by atoms with van der Waals surface area (Å²) in [5.41, 5.74) is 2.07. The highest BCUT2D eigenvalue weighted by atomic mass is 19.1. The molecule has 1 unspecified atom stereocenters. The van der Waals surface area contributed by atoms with Gasteiger partial charge in [0.25, 0.3) is 0 Å². The summed E-state index contributed by atoms with van der Waals surface area (Å²) < 4.78 is 34.1. The predicted molar refractivity (Wildman–Crippen MR) is 160 cm³/mol. The Hall–Kier alpha value is -4.50. The third kappa shape index (κ3) is 7.71. The van der Waals surface area contributed by atoms with E-state index in [0.717, 1.165) is 5.56 Å².